The van der Waals surface area contributed by atoms with Crippen LogP contribution in [0, 0.1) is 11.8 Å². The lowest BCUT2D eigenvalue weighted by Gasteiger charge is -2.27. The predicted octanol–water partition coefficient (Wildman–Crippen LogP) is 2.19. The molecule has 27 heavy (non-hydrogen) atoms. The standard InChI is InChI=1S/C17H20N8OS/c1-24(15-13-2-3-18-14(13)19-8-20-15)12-4-10-6-25(7-11(10)5-12)17(26)22-16-23-21-9-27-16/h2-3,8-12H,4-7H2,1H3,(H,18,19,20)(H,22,23,26)/t10-,11+,12?. The molecule has 140 valence electrons. The molecule has 1 aliphatic carbocycles. The van der Waals surface area contributed by atoms with Gasteiger partial charge in [-0.25, -0.2) is 14.8 Å². The topological polar surface area (TPSA) is 103 Å². The number of fused-ring (bicyclic) bond motifs is 2. The van der Waals surface area contributed by atoms with E-state index in [0.29, 0.717) is 23.0 Å². The van der Waals surface area contributed by atoms with E-state index in [2.05, 4.69) is 42.4 Å². The molecule has 2 N–H and O–H groups in total. The lowest BCUT2D eigenvalue weighted by atomic mass is 10.0. The van der Waals surface area contributed by atoms with Gasteiger partial charge in [-0.15, -0.1) is 10.2 Å². The molecular formula is C17H20N8OS. The molecule has 4 heterocycles. The van der Waals surface area contributed by atoms with Crippen LogP contribution >= 0.6 is 11.3 Å². The first kappa shape index (κ1) is 16.4. The van der Waals surface area contributed by atoms with E-state index in [0.717, 1.165) is 42.8 Å². The van der Waals surface area contributed by atoms with Gasteiger partial charge in [0.05, 0.1) is 5.39 Å². The molecular weight excluding hydrogens is 364 g/mol. The number of H-pyrrole nitrogens is 1. The number of carbonyl (C=O) groups is 1. The summed E-state index contributed by atoms with van der Waals surface area (Å²) in [6.07, 6.45) is 5.65. The van der Waals surface area contributed by atoms with Crippen LogP contribution in [0.3, 0.4) is 0 Å². The quantitative estimate of drug-likeness (QED) is 0.717. The second kappa shape index (κ2) is 6.45. The molecule has 3 atom stereocenters. The van der Waals surface area contributed by atoms with Gasteiger partial charge in [0.15, 0.2) is 0 Å². The van der Waals surface area contributed by atoms with E-state index in [1.54, 1.807) is 11.8 Å². The van der Waals surface area contributed by atoms with E-state index in [1.165, 1.54) is 11.3 Å². The van der Waals surface area contributed by atoms with Crippen LogP contribution in [0.1, 0.15) is 12.8 Å². The Hall–Kier alpha value is -2.75. The van der Waals surface area contributed by atoms with Gasteiger partial charge < -0.3 is 14.8 Å². The molecule has 0 spiro atoms. The van der Waals surface area contributed by atoms with Crippen molar-refractivity contribution in [3.8, 4) is 0 Å². The first-order valence-electron chi connectivity index (χ1n) is 9.02. The highest BCUT2D eigenvalue weighted by atomic mass is 32.1. The Morgan fingerprint density at radius 3 is 2.89 bits per heavy atom. The summed E-state index contributed by atoms with van der Waals surface area (Å²) in [6, 6.07) is 2.38. The van der Waals surface area contributed by atoms with Crippen LogP contribution in [0.2, 0.25) is 0 Å². The third-order valence-electron chi connectivity index (χ3n) is 5.80. The van der Waals surface area contributed by atoms with Crippen molar-refractivity contribution in [2.45, 2.75) is 18.9 Å². The first-order chi connectivity index (χ1) is 13.2. The molecule has 1 saturated carbocycles. The Balaban J connectivity index is 1.24. The SMILES string of the molecule is CN(c1ncnc2[nH]ccc12)C1C[C@@H]2CN(C(=O)Nc3nncs3)C[C@@H]2C1. The molecule has 2 fully saturated rings. The van der Waals surface area contributed by atoms with Crippen LogP contribution in [0.25, 0.3) is 11.0 Å². The molecule has 10 heteroatoms. The van der Waals surface area contributed by atoms with Crippen LogP contribution in [0.15, 0.2) is 24.1 Å². The third-order valence-corrected chi connectivity index (χ3v) is 6.41. The number of nitrogens with zero attached hydrogens (tertiary/aromatic N) is 6. The molecule has 1 saturated heterocycles. The molecule has 3 aromatic rings. The number of amides is 2. The van der Waals surface area contributed by atoms with Crippen molar-refractivity contribution < 1.29 is 4.79 Å². The van der Waals surface area contributed by atoms with E-state index >= 15 is 0 Å². The van der Waals surface area contributed by atoms with E-state index < -0.39 is 0 Å². The summed E-state index contributed by atoms with van der Waals surface area (Å²) in [7, 11) is 2.11. The average molecular weight is 384 g/mol. The van der Waals surface area contributed by atoms with Gasteiger partial charge in [-0.3, -0.25) is 5.32 Å². The van der Waals surface area contributed by atoms with E-state index in [1.807, 2.05) is 17.2 Å². The zero-order valence-corrected chi connectivity index (χ0v) is 15.7. The zero-order chi connectivity index (χ0) is 18.4. The number of likely N-dealkylation sites (tertiary alicyclic amines) is 1. The summed E-state index contributed by atoms with van der Waals surface area (Å²) in [4.78, 5) is 28.5. The maximum absolute atomic E-state index is 12.4. The minimum Gasteiger partial charge on any atom is -0.356 e. The lowest BCUT2D eigenvalue weighted by molar-refractivity contribution is 0.218. The third kappa shape index (κ3) is 2.89. The number of hydrogen-bond acceptors (Lipinski definition) is 7. The van der Waals surface area contributed by atoms with Gasteiger partial charge in [-0.2, -0.15) is 0 Å². The molecule has 2 aliphatic rings. The van der Waals surface area contributed by atoms with Gasteiger partial charge in [0.25, 0.3) is 0 Å². The van der Waals surface area contributed by atoms with E-state index in [9.17, 15) is 4.79 Å². The first-order valence-corrected chi connectivity index (χ1v) is 9.90. The fourth-order valence-electron chi connectivity index (χ4n) is 4.46. The lowest BCUT2D eigenvalue weighted by Crippen LogP contribution is -2.36. The molecule has 0 aromatic carbocycles. The number of urea groups is 1. The predicted molar refractivity (Wildman–Crippen MR) is 103 cm³/mol. The number of carbonyl (C=O) groups excluding carboxylic acids is 1. The Labute approximate surface area is 159 Å². The number of anilines is 2. The van der Waals surface area contributed by atoms with Crippen molar-refractivity contribution >= 4 is 39.4 Å². The number of aromatic amines is 1. The van der Waals surface area contributed by atoms with Gasteiger partial charge in [0, 0.05) is 32.4 Å². The Morgan fingerprint density at radius 2 is 2.15 bits per heavy atom. The van der Waals surface area contributed by atoms with Crippen LogP contribution in [-0.2, 0) is 0 Å². The van der Waals surface area contributed by atoms with Crippen molar-refractivity contribution in [1.29, 1.82) is 0 Å². The summed E-state index contributed by atoms with van der Waals surface area (Å²) in [6.45, 7) is 1.59. The van der Waals surface area contributed by atoms with Gasteiger partial charge in [-0.1, -0.05) is 11.3 Å². The van der Waals surface area contributed by atoms with Crippen molar-refractivity contribution in [3.63, 3.8) is 0 Å². The molecule has 5 rings (SSSR count). The molecule has 1 aliphatic heterocycles. The molecule has 0 radical (unpaired) electrons. The molecule has 0 bridgehead atoms. The van der Waals surface area contributed by atoms with Crippen molar-refractivity contribution in [1.82, 2.24) is 30.0 Å². The van der Waals surface area contributed by atoms with Gasteiger partial charge in [0.2, 0.25) is 5.13 Å². The Kier molecular flexibility index (Phi) is 3.92. The fourth-order valence-corrected chi connectivity index (χ4v) is 4.90. The second-order valence-electron chi connectivity index (χ2n) is 7.27. The second-order valence-corrected chi connectivity index (χ2v) is 8.11. The zero-order valence-electron chi connectivity index (χ0n) is 14.9. The molecule has 3 aromatic heterocycles. The molecule has 2 amide bonds. The smallest absolute Gasteiger partial charge is 0.323 e. The molecule has 9 nitrogen and oxygen atoms in total. The highest BCUT2D eigenvalue weighted by Gasteiger charge is 2.44. The maximum Gasteiger partial charge on any atom is 0.323 e. The number of rotatable bonds is 3. The van der Waals surface area contributed by atoms with Crippen molar-refractivity contribution in [2.75, 3.05) is 30.4 Å². The normalized spacial score (nSPS) is 24.3. The minimum absolute atomic E-state index is 0.0733. The van der Waals surface area contributed by atoms with Crippen molar-refractivity contribution in [2.24, 2.45) is 11.8 Å². The van der Waals surface area contributed by atoms with E-state index in [4.69, 9.17) is 0 Å². The van der Waals surface area contributed by atoms with Crippen molar-refractivity contribution in [3.05, 3.63) is 24.1 Å². The Bertz CT molecular complexity index is 943. The summed E-state index contributed by atoms with van der Waals surface area (Å²) >= 11 is 1.33. The number of nitrogens with one attached hydrogen (secondary N) is 2. The average Bonchev–Trinajstić information content (AvgIpc) is 3.42. The highest BCUT2D eigenvalue weighted by Crippen LogP contribution is 2.41. The summed E-state index contributed by atoms with van der Waals surface area (Å²) < 4.78 is 0. The van der Waals surface area contributed by atoms with Crippen LogP contribution in [0.5, 0.6) is 0 Å². The summed E-state index contributed by atoms with van der Waals surface area (Å²) in [5.41, 5.74) is 2.48. The van der Waals surface area contributed by atoms with Gasteiger partial charge >= 0.3 is 6.03 Å². The number of aromatic nitrogens is 5. The molecule has 1 unspecified atom stereocenters. The van der Waals surface area contributed by atoms with Gasteiger partial charge in [-0.05, 0) is 30.7 Å². The van der Waals surface area contributed by atoms with E-state index in [-0.39, 0.29) is 6.03 Å². The summed E-state index contributed by atoms with van der Waals surface area (Å²) in [5, 5.41) is 12.1. The van der Waals surface area contributed by atoms with Gasteiger partial charge in [0.1, 0.15) is 23.3 Å². The fraction of sp³-hybridized carbons (Fsp3) is 0.471. The monoisotopic (exact) mass is 384 g/mol. The van der Waals surface area contributed by atoms with Crippen LogP contribution in [-0.4, -0.2) is 62.3 Å². The largest absolute Gasteiger partial charge is 0.356 e. The maximum atomic E-state index is 12.4. The number of hydrogen-bond donors (Lipinski definition) is 2. The van der Waals surface area contributed by atoms with Crippen LogP contribution in [0.4, 0.5) is 15.7 Å². The summed E-state index contributed by atoms with van der Waals surface area (Å²) in [5.74, 6) is 2.03. The van der Waals surface area contributed by atoms with Crippen LogP contribution < -0.4 is 10.2 Å². The highest BCUT2D eigenvalue weighted by molar-refractivity contribution is 7.13. The minimum atomic E-state index is -0.0733. The Morgan fingerprint density at radius 1 is 1.33 bits per heavy atom.